The molecule has 0 amide bonds. The molecule has 0 atom stereocenters. The number of aromatic nitrogens is 2. The fourth-order valence-corrected chi connectivity index (χ4v) is 1.72. The topological polar surface area (TPSA) is 37.8 Å². The lowest BCUT2D eigenvalue weighted by Gasteiger charge is -2.09. The summed E-state index contributed by atoms with van der Waals surface area (Å²) in [6.45, 7) is 6.45. The van der Waals surface area contributed by atoms with Gasteiger partial charge in [0.05, 0.1) is 5.75 Å². The fraction of sp³-hybridized carbons (Fsp3) is 0.636. The third-order valence-corrected chi connectivity index (χ3v) is 2.95. The fourth-order valence-electron chi connectivity index (χ4n) is 1.20. The Labute approximate surface area is 96.1 Å². The van der Waals surface area contributed by atoms with Crippen LogP contribution in [0.25, 0.3) is 0 Å². The maximum atomic E-state index is 4.55. The lowest BCUT2D eigenvalue weighted by Crippen LogP contribution is -2.04. The van der Waals surface area contributed by atoms with Crippen molar-refractivity contribution in [1.29, 1.82) is 0 Å². The molecule has 0 unspecified atom stereocenters. The normalized spacial score (nSPS) is 10.7. The molecule has 0 aromatic carbocycles. The zero-order valence-electron chi connectivity index (χ0n) is 9.87. The Bertz CT molecular complexity index is 313. The minimum Gasteiger partial charge on any atom is -0.373 e. The summed E-state index contributed by atoms with van der Waals surface area (Å²) in [4.78, 5) is 8.98. The Morgan fingerprint density at radius 2 is 2.13 bits per heavy atom. The van der Waals surface area contributed by atoms with Gasteiger partial charge >= 0.3 is 0 Å². The van der Waals surface area contributed by atoms with Crippen LogP contribution in [0.15, 0.2) is 6.07 Å². The molecule has 0 fully saturated rings. The van der Waals surface area contributed by atoms with E-state index in [1.54, 1.807) is 0 Å². The molecule has 0 bridgehead atoms. The number of thioether (sulfide) groups is 1. The van der Waals surface area contributed by atoms with Gasteiger partial charge in [0.1, 0.15) is 11.6 Å². The molecular formula is C11H19N3S. The van der Waals surface area contributed by atoms with Crippen LogP contribution in [0.3, 0.4) is 0 Å². The highest BCUT2D eigenvalue weighted by Crippen LogP contribution is 2.17. The third-order valence-electron chi connectivity index (χ3n) is 2.08. The number of hydrogen-bond donors (Lipinski definition) is 1. The van der Waals surface area contributed by atoms with Crippen molar-refractivity contribution in [2.75, 3.05) is 18.1 Å². The molecule has 84 valence electrons. The van der Waals surface area contributed by atoms with E-state index in [2.05, 4.69) is 36.1 Å². The van der Waals surface area contributed by atoms with Crippen LogP contribution in [-0.4, -0.2) is 22.8 Å². The molecule has 3 nitrogen and oxygen atoms in total. The van der Waals surface area contributed by atoms with Crippen LogP contribution in [0.2, 0.25) is 0 Å². The third kappa shape index (κ3) is 3.70. The molecule has 1 heterocycles. The molecular weight excluding hydrogens is 206 g/mol. The molecule has 0 aliphatic heterocycles. The zero-order valence-corrected chi connectivity index (χ0v) is 10.7. The van der Waals surface area contributed by atoms with E-state index < -0.39 is 0 Å². The van der Waals surface area contributed by atoms with Gasteiger partial charge in [0.2, 0.25) is 0 Å². The average molecular weight is 225 g/mol. The van der Waals surface area contributed by atoms with Crippen molar-refractivity contribution in [1.82, 2.24) is 9.97 Å². The summed E-state index contributed by atoms with van der Waals surface area (Å²) in [7, 11) is 1.89. The van der Waals surface area contributed by atoms with Crippen molar-refractivity contribution >= 4 is 17.6 Å². The van der Waals surface area contributed by atoms with Gasteiger partial charge in [-0.05, 0) is 11.7 Å². The van der Waals surface area contributed by atoms with E-state index in [0.29, 0.717) is 5.92 Å². The van der Waals surface area contributed by atoms with Gasteiger partial charge in [0.15, 0.2) is 0 Å². The van der Waals surface area contributed by atoms with Crippen LogP contribution in [0.5, 0.6) is 0 Å². The molecule has 1 aromatic heterocycles. The van der Waals surface area contributed by atoms with E-state index in [1.807, 2.05) is 24.9 Å². The standard InChI is InChI=1S/C11H19N3S/c1-5-15-7-11-13-9(8(2)3)6-10(12-4)14-11/h6,8H,5,7H2,1-4H3,(H,12,13,14). The van der Waals surface area contributed by atoms with Gasteiger partial charge in [-0.1, -0.05) is 20.8 Å². The van der Waals surface area contributed by atoms with Crippen LogP contribution in [-0.2, 0) is 5.75 Å². The van der Waals surface area contributed by atoms with Crippen molar-refractivity contribution in [3.63, 3.8) is 0 Å². The van der Waals surface area contributed by atoms with Gasteiger partial charge in [0, 0.05) is 18.8 Å². The molecule has 0 aliphatic rings. The maximum absolute atomic E-state index is 4.55. The first-order valence-electron chi connectivity index (χ1n) is 5.30. The van der Waals surface area contributed by atoms with Crippen molar-refractivity contribution in [3.05, 3.63) is 17.6 Å². The summed E-state index contributed by atoms with van der Waals surface area (Å²) >= 11 is 1.85. The van der Waals surface area contributed by atoms with Gasteiger partial charge in [0.25, 0.3) is 0 Å². The predicted octanol–water partition coefficient (Wildman–Crippen LogP) is 2.89. The molecule has 0 spiro atoms. The van der Waals surface area contributed by atoms with E-state index in [4.69, 9.17) is 0 Å². The lowest BCUT2D eigenvalue weighted by molar-refractivity contribution is 0.800. The van der Waals surface area contributed by atoms with Gasteiger partial charge in [-0.15, -0.1) is 0 Å². The molecule has 0 saturated heterocycles. The van der Waals surface area contributed by atoms with Crippen LogP contribution in [0.4, 0.5) is 5.82 Å². The second-order valence-corrected chi connectivity index (χ2v) is 4.91. The summed E-state index contributed by atoms with van der Waals surface area (Å²) in [6, 6.07) is 2.02. The van der Waals surface area contributed by atoms with E-state index in [0.717, 1.165) is 28.8 Å². The summed E-state index contributed by atoms with van der Waals surface area (Å²) in [5.41, 5.74) is 1.11. The van der Waals surface area contributed by atoms with Gasteiger partial charge in [-0.3, -0.25) is 0 Å². The van der Waals surface area contributed by atoms with Crippen molar-refractivity contribution < 1.29 is 0 Å². The Balaban J connectivity index is 2.90. The zero-order chi connectivity index (χ0) is 11.3. The highest BCUT2D eigenvalue weighted by molar-refractivity contribution is 7.98. The van der Waals surface area contributed by atoms with Gasteiger partial charge in [-0.2, -0.15) is 11.8 Å². The minimum absolute atomic E-state index is 0.450. The number of rotatable bonds is 5. The smallest absolute Gasteiger partial charge is 0.140 e. The quantitative estimate of drug-likeness (QED) is 0.836. The SMILES string of the molecule is CCSCc1nc(NC)cc(C(C)C)n1. The summed E-state index contributed by atoms with van der Waals surface area (Å²) in [6.07, 6.45) is 0. The molecule has 15 heavy (non-hydrogen) atoms. The first kappa shape index (κ1) is 12.3. The van der Waals surface area contributed by atoms with Crippen molar-refractivity contribution in [3.8, 4) is 0 Å². The molecule has 1 rings (SSSR count). The summed E-state index contributed by atoms with van der Waals surface area (Å²) in [5, 5.41) is 3.08. The molecule has 0 radical (unpaired) electrons. The first-order chi connectivity index (χ1) is 7.17. The summed E-state index contributed by atoms with van der Waals surface area (Å²) in [5.74, 6) is 4.29. The van der Waals surface area contributed by atoms with Gasteiger partial charge < -0.3 is 5.32 Å². The highest BCUT2D eigenvalue weighted by Gasteiger charge is 2.06. The van der Waals surface area contributed by atoms with E-state index in [-0.39, 0.29) is 0 Å². The Hall–Kier alpha value is -0.770. The number of nitrogens with one attached hydrogen (secondary N) is 1. The van der Waals surface area contributed by atoms with Crippen LogP contribution in [0, 0.1) is 0 Å². The number of anilines is 1. The Morgan fingerprint density at radius 1 is 1.40 bits per heavy atom. The highest BCUT2D eigenvalue weighted by atomic mass is 32.2. The molecule has 4 heteroatoms. The average Bonchev–Trinajstić information content (AvgIpc) is 2.25. The van der Waals surface area contributed by atoms with E-state index in [9.17, 15) is 0 Å². The molecule has 0 aliphatic carbocycles. The van der Waals surface area contributed by atoms with Crippen molar-refractivity contribution in [2.45, 2.75) is 32.4 Å². The Morgan fingerprint density at radius 3 is 2.67 bits per heavy atom. The first-order valence-corrected chi connectivity index (χ1v) is 6.46. The molecule has 1 N–H and O–H groups in total. The van der Waals surface area contributed by atoms with E-state index in [1.165, 1.54) is 0 Å². The Kier molecular flexibility index (Phi) is 4.88. The minimum atomic E-state index is 0.450. The predicted molar refractivity (Wildman–Crippen MR) is 67.5 cm³/mol. The molecule has 0 saturated carbocycles. The van der Waals surface area contributed by atoms with Crippen molar-refractivity contribution in [2.24, 2.45) is 0 Å². The monoisotopic (exact) mass is 225 g/mol. The van der Waals surface area contributed by atoms with E-state index >= 15 is 0 Å². The second-order valence-electron chi connectivity index (χ2n) is 3.64. The largest absolute Gasteiger partial charge is 0.373 e. The lowest BCUT2D eigenvalue weighted by atomic mass is 10.1. The maximum Gasteiger partial charge on any atom is 0.140 e. The van der Waals surface area contributed by atoms with Crippen LogP contribution >= 0.6 is 11.8 Å². The second kappa shape index (κ2) is 5.95. The number of hydrogen-bond acceptors (Lipinski definition) is 4. The molecule has 1 aromatic rings. The number of nitrogens with zero attached hydrogens (tertiary/aromatic N) is 2. The van der Waals surface area contributed by atoms with Crippen LogP contribution in [0.1, 0.15) is 38.2 Å². The summed E-state index contributed by atoms with van der Waals surface area (Å²) < 4.78 is 0. The van der Waals surface area contributed by atoms with Gasteiger partial charge in [-0.25, -0.2) is 9.97 Å². The van der Waals surface area contributed by atoms with Crippen LogP contribution < -0.4 is 5.32 Å².